The smallest absolute Gasteiger partial charge is 0.102 e. The van der Waals surface area contributed by atoms with E-state index < -0.39 is 0 Å². The van der Waals surface area contributed by atoms with E-state index in [0.29, 0.717) is 0 Å². The zero-order valence-electron chi connectivity index (χ0n) is 17.1. The summed E-state index contributed by atoms with van der Waals surface area (Å²) >= 11 is 0. The zero-order valence-corrected chi connectivity index (χ0v) is 17.1. The minimum atomic E-state index is -0.286. The highest BCUT2D eigenvalue weighted by molar-refractivity contribution is 5.86. The highest BCUT2D eigenvalue weighted by Gasteiger charge is 2.22. The van der Waals surface area contributed by atoms with Gasteiger partial charge in [0.1, 0.15) is 5.84 Å². The molecule has 0 amide bonds. The predicted molar refractivity (Wildman–Crippen MR) is 110 cm³/mol. The summed E-state index contributed by atoms with van der Waals surface area (Å²) in [5.74, 6) is 1.27. The van der Waals surface area contributed by atoms with Crippen molar-refractivity contribution < 1.29 is 5.11 Å². The van der Waals surface area contributed by atoms with E-state index in [2.05, 4.69) is 17.2 Å². The first kappa shape index (κ1) is 22.5. The predicted octanol–water partition coefficient (Wildman–Crippen LogP) is 5.86. The number of aliphatic hydroxyl groups excluding tert-OH is 1. The van der Waals surface area contributed by atoms with Crippen LogP contribution in [0, 0.1) is 5.92 Å². The van der Waals surface area contributed by atoms with E-state index in [1.165, 1.54) is 89.9 Å². The Morgan fingerprint density at radius 3 is 1.72 bits per heavy atom. The molecule has 0 radical (unpaired) electrons. The van der Waals surface area contributed by atoms with Crippen LogP contribution in [0.5, 0.6) is 0 Å². The van der Waals surface area contributed by atoms with Crippen LogP contribution in [0.4, 0.5) is 0 Å². The van der Waals surface area contributed by atoms with Crippen LogP contribution in [-0.4, -0.2) is 30.1 Å². The van der Waals surface area contributed by atoms with Gasteiger partial charge in [-0.3, -0.25) is 4.99 Å². The highest BCUT2D eigenvalue weighted by atomic mass is 16.3. The average molecular weight is 353 g/mol. The summed E-state index contributed by atoms with van der Waals surface area (Å²) < 4.78 is 0. The summed E-state index contributed by atoms with van der Waals surface area (Å²) in [5, 5.41) is 13.3. The van der Waals surface area contributed by atoms with Gasteiger partial charge in [-0.05, 0) is 13.3 Å². The number of hydrogen-bond donors (Lipinski definition) is 2. The van der Waals surface area contributed by atoms with Gasteiger partial charge >= 0.3 is 0 Å². The van der Waals surface area contributed by atoms with Gasteiger partial charge in [-0.1, -0.05) is 96.8 Å². The molecule has 0 aromatic heterocycles. The molecule has 2 atom stereocenters. The first-order valence-electron chi connectivity index (χ1n) is 11.2. The molecule has 3 heteroatoms. The van der Waals surface area contributed by atoms with Crippen LogP contribution in [0.25, 0.3) is 0 Å². The third-order valence-electron chi connectivity index (χ3n) is 5.50. The van der Waals surface area contributed by atoms with Gasteiger partial charge in [-0.25, -0.2) is 0 Å². The third kappa shape index (κ3) is 11.6. The van der Waals surface area contributed by atoms with Gasteiger partial charge in [0.2, 0.25) is 0 Å². The molecule has 2 N–H and O–H groups in total. The molecule has 0 aromatic carbocycles. The molecule has 2 unspecified atom stereocenters. The molecule has 1 aliphatic rings. The van der Waals surface area contributed by atoms with Crippen molar-refractivity contribution in [2.24, 2.45) is 10.9 Å². The fourth-order valence-corrected chi connectivity index (χ4v) is 3.83. The number of hydrogen-bond acceptors (Lipinski definition) is 3. The minimum absolute atomic E-state index is 0.222. The standard InChI is InChI=1S/C22H44N2O/c1-3-4-5-6-7-8-9-10-11-12-13-14-15-16-17-21(20(2)25)22-23-18-19-24-22/h20-21,25H,3-19H2,1-2H3,(H,23,24). The fraction of sp³-hybridized carbons (Fsp3) is 0.955. The molecular weight excluding hydrogens is 308 g/mol. The molecule has 0 fully saturated rings. The molecule has 3 nitrogen and oxygen atoms in total. The molecule has 0 bridgehead atoms. The van der Waals surface area contributed by atoms with Crippen LogP contribution in [0.2, 0.25) is 0 Å². The van der Waals surface area contributed by atoms with Crippen molar-refractivity contribution in [3.05, 3.63) is 0 Å². The first-order chi connectivity index (χ1) is 12.3. The number of amidine groups is 1. The number of aliphatic hydroxyl groups is 1. The lowest BCUT2D eigenvalue weighted by Gasteiger charge is -2.20. The quantitative estimate of drug-likeness (QED) is 0.322. The van der Waals surface area contributed by atoms with Gasteiger partial charge in [0.15, 0.2) is 0 Å². The van der Waals surface area contributed by atoms with Crippen LogP contribution in [0.1, 0.15) is 110 Å². The van der Waals surface area contributed by atoms with Crippen molar-refractivity contribution >= 4 is 5.84 Å². The molecule has 0 aromatic rings. The highest BCUT2D eigenvalue weighted by Crippen LogP contribution is 2.18. The molecule has 1 rings (SSSR count). The van der Waals surface area contributed by atoms with Crippen LogP contribution in [0.15, 0.2) is 4.99 Å². The van der Waals surface area contributed by atoms with Gasteiger partial charge in [-0.15, -0.1) is 0 Å². The van der Waals surface area contributed by atoms with E-state index in [-0.39, 0.29) is 12.0 Å². The number of aliphatic imine (C=N–C) groups is 1. The van der Waals surface area contributed by atoms with Crippen LogP contribution < -0.4 is 5.32 Å². The Morgan fingerprint density at radius 2 is 1.32 bits per heavy atom. The Hall–Kier alpha value is -0.570. The zero-order chi connectivity index (χ0) is 18.2. The maximum absolute atomic E-state index is 9.96. The Bertz CT molecular complexity index is 328. The maximum Gasteiger partial charge on any atom is 0.102 e. The van der Waals surface area contributed by atoms with Gasteiger partial charge in [0.25, 0.3) is 0 Å². The number of unbranched alkanes of at least 4 members (excludes halogenated alkanes) is 13. The van der Waals surface area contributed by atoms with Crippen LogP contribution >= 0.6 is 0 Å². The number of nitrogens with one attached hydrogen (secondary N) is 1. The van der Waals surface area contributed by atoms with E-state index in [4.69, 9.17) is 0 Å². The SMILES string of the molecule is CCCCCCCCCCCCCCCCC(C1=NCCN1)C(C)O. The molecule has 0 aliphatic carbocycles. The molecule has 0 spiro atoms. The molecule has 0 saturated heterocycles. The number of nitrogens with zero attached hydrogens (tertiary/aromatic N) is 1. The third-order valence-corrected chi connectivity index (χ3v) is 5.50. The van der Waals surface area contributed by atoms with Gasteiger partial charge in [0.05, 0.1) is 12.6 Å². The summed E-state index contributed by atoms with van der Waals surface area (Å²) in [4.78, 5) is 4.49. The van der Waals surface area contributed by atoms with Gasteiger partial charge in [0, 0.05) is 12.5 Å². The van der Waals surface area contributed by atoms with Crippen molar-refractivity contribution in [1.29, 1.82) is 0 Å². The topological polar surface area (TPSA) is 44.6 Å². The minimum Gasteiger partial charge on any atom is -0.393 e. The second-order valence-electron chi connectivity index (χ2n) is 7.93. The van der Waals surface area contributed by atoms with Gasteiger partial charge in [-0.2, -0.15) is 0 Å². The van der Waals surface area contributed by atoms with E-state index in [9.17, 15) is 5.11 Å². The van der Waals surface area contributed by atoms with Gasteiger partial charge < -0.3 is 10.4 Å². The Labute approximate surface area is 157 Å². The van der Waals surface area contributed by atoms with Crippen molar-refractivity contribution in [3.63, 3.8) is 0 Å². The Morgan fingerprint density at radius 1 is 0.840 bits per heavy atom. The lowest BCUT2D eigenvalue weighted by Crippen LogP contribution is -2.33. The summed E-state index contributed by atoms with van der Waals surface area (Å²) in [6, 6.07) is 0. The van der Waals surface area contributed by atoms with E-state index in [1.54, 1.807) is 0 Å². The molecule has 148 valence electrons. The lowest BCUT2D eigenvalue weighted by atomic mass is 9.94. The first-order valence-corrected chi connectivity index (χ1v) is 11.2. The summed E-state index contributed by atoms with van der Waals surface area (Å²) in [7, 11) is 0. The second kappa shape index (κ2) is 15.7. The van der Waals surface area contributed by atoms with E-state index in [0.717, 1.165) is 25.3 Å². The largest absolute Gasteiger partial charge is 0.393 e. The lowest BCUT2D eigenvalue weighted by molar-refractivity contribution is 0.150. The summed E-state index contributed by atoms with van der Waals surface area (Å²) in [6.45, 7) is 6.00. The van der Waals surface area contributed by atoms with Crippen LogP contribution in [-0.2, 0) is 0 Å². The Kier molecular flexibility index (Phi) is 14.1. The van der Waals surface area contributed by atoms with Crippen molar-refractivity contribution in [2.75, 3.05) is 13.1 Å². The molecule has 1 aliphatic heterocycles. The Balaban J connectivity index is 1.85. The van der Waals surface area contributed by atoms with Crippen LogP contribution in [0.3, 0.4) is 0 Å². The molecule has 1 heterocycles. The van der Waals surface area contributed by atoms with Crippen molar-refractivity contribution in [3.8, 4) is 0 Å². The number of rotatable bonds is 17. The summed E-state index contributed by atoms with van der Waals surface area (Å²) in [6.07, 6.45) is 20.3. The normalized spacial score (nSPS) is 16.5. The maximum atomic E-state index is 9.96. The summed E-state index contributed by atoms with van der Waals surface area (Å²) in [5.41, 5.74) is 0. The van der Waals surface area contributed by atoms with E-state index >= 15 is 0 Å². The average Bonchev–Trinajstić information content (AvgIpc) is 3.12. The molecular formula is C22H44N2O. The monoisotopic (exact) mass is 352 g/mol. The van der Waals surface area contributed by atoms with Crippen molar-refractivity contribution in [2.45, 2.75) is 116 Å². The van der Waals surface area contributed by atoms with Crippen molar-refractivity contribution in [1.82, 2.24) is 5.32 Å². The van der Waals surface area contributed by atoms with E-state index in [1.807, 2.05) is 6.92 Å². The fourth-order valence-electron chi connectivity index (χ4n) is 3.83. The molecule has 25 heavy (non-hydrogen) atoms. The molecule has 0 saturated carbocycles. The second-order valence-corrected chi connectivity index (χ2v) is 7.93.